The first-order valence-electron chi connectivity index (χ1n) is 19.3. The van der Waals surface area contributed by atoms with E-state index in [0.29, 0.717) is 16.8 Å². The first-order chi connectivity index (χ1) is 28.8. The SMILES string of the molecule is CC(C)(OC(=O)NCCNC(=O)OC[C@@]1(C)[C@H](C(=O)OC(c2ccccc2)c2ccccc2)N2C(=O)C(=Cc3ccccn3)[C@H]2S1(=O)=O)c1ccc(-c2ccccc2)cc1. The molecule has 2 aliphatic heterocycles. The summed E-state index contributed by atoms with van der Waals surface area (Å²) >= 11 is 0. The standard InChI is InChI=1S/C46H44N4O9S/c1-45(2,35-24-22-32(23-25-35)31-15-7-4-8-16-31)59-44(54)49-28-27-48-43(53)57-30-46(3)39(42(52)58-38(33-17-9-5-10-18-33)34-19-11-6-12-20-34)50-40(51)37(41(50)60(46,55)56)29-36-21-13-14-26-47-36/h4-26,29,38-39,41H,27-28,30H2,1-3H3,(H,48,53)(H,49,54)/t39-,41+,46-/m0/s1. The number of nitrogens with one attached hydrogen (secondary N) is 2. The number of carbonyl (C=O) groups is 4. The maximum atomic E-state index is 14.5. The van der Waals surface area contributed by atoms with Gasteiger partial charge in [-0.3, -0.25) is 9.78 Å². The first-order valence-corrected chi connectivity index (χ1v) is 20.9. The lowest BCUT2D eigenvalue weighted by Crippen LogP contribution is -2.60. The number of nitrogens with zero attached hydrogens (tertiary/aromatic N) is 2. The van der Waals surface area contributed by atoms with Crippen molar-refractivity contribution in [1.29, 1.82) is 0 Å². The van der Waals surface area contributed by atoms with Crippen molar-refractivity contribution in [2.24, 2.45) is 0 Å². The number of hydrogen-bond donors (Lipinski definition) is 2. The van der Waals surface area contributed by atoms with Gasteiger partial charge in [0, 0.05) is 19.3 Å². The van der Waals surface area contributed by atoms with Gasteiger partial charge in [0.1, 0.15) is 17.0 Å². The smallest absolute Gasteiger partial charge is 0.408 e. The topological polar surface area (TPSA) is 170 Å². The number of pyridine rings is 1. The second-order valence-corrected chi connectivity index (χ2v) is 17.6. The fourth-order valence-electron chi connectivity index (χ4n) is 7.37. The third-order valence-corrected chi connectivity index (χ3v) is 13.4. The number of alkyl carbamates (subject to hydrolysis) is 2. The Morgan fingerprint density at radius 2 is 1.33 bits per heavy atom. The van der Waals surface area contributed by atoms with Crippen LogP contribution < -0.4 is 10.6 Å². The molecule has 14 heteroatoms. The van der Waals surface area contributed by atoms with E-state index in [1.807, 2.05) is 66.7 Å². The average Bonchev–Trinajstić information content (AvgIpc) is 3.43. The lowest BCUT2D eigenvalue weighted by molar-refractivity contribution is -0.161. The van der Waals surface area contributed by atoms with Crippen molar-refractivity contribution >= 4 is 40.0 Å². The lowest BCUT2D eigenvalue weighted by Gasteiger charge is -2.39. The average molecular weight is 829 g/mol. The molecule has 2 N–H and O–H groups in total. The zero-order valence-corrected chi connectivity index (χ0v) is 34.0. The number of sulfone groups is 1. The molecule has 2 aliphatic rings. The maximum Gasteiger partial charge on any atom is 0.408 e. The Labute approximate surface area is 348 Å². The Hall–Kier alpha value is -6.80. The molecular formula is C46H44N4O9S. The molecule has 13 nitrogen and oxygen atoms in total. The first kappa shape index (κ1) is 41.4. The van der Waals surface area contributed by atoms with Gasteiger partial charge >= 0.3 is 18.2 Å². The van der Waals surface area contributed by atoms with Gasteiger partial charge in [0.15, 0.2) is 27.4 Å². The second kappa shape index (κ2) is 17.2. The fourth-order valence-corrected chi connectivity index (χ4v) is 9.65. The minimum atomic E-state index is -4.45. The number of amides is 3. The van der Waals surface area contributed by atoms with Crippen LogP contribution in [0, 0.1) is 0 Å². The van der Waals surface area contributed by atoms with Crippen molar-refractivity contribution in [2.45, 2.75) is 48.6 Å². The van der Waals surface area contributed by atoms with E-state index < -0.39 is 68.4 Å². The number of benzene rings is 4. The molecule has 0 spiro atoms. The minimum Gasteiger partial charge on any atom is -0.451 e. The highest BCUT2D eigenvalue weighted by Gasteiger charge is 2.73. The number of hydrogen-bond acceptors (Lipinski definition) is 10. The molecular weight excluding hydrogens is 785 g/mol. The zero-order chi connectivity index (χ0) is 42.5. The van der Waals surface area contributed by atoms with Crippen molar-refractivity contribution in [2.75, 3.05) is 19.7 Å². The van der Waals surface area contributed by atoms with Crippen LogP contribution in [0.15, 0.2) is 145 Å². The molecule has 0 saturated carbocycles. The summed E-state index contributed by atoms with van der Waals surface area (Å²) in [5, 5.41) is 3.56. The predicted molar refractivity (Wildman–Crippen MR) is 224 cm³/mol. The molecule has 3 atom stereocenters. The molecule has 3 heterocycles. The lowest BCUT2D eigenvalue weighted by atomic mass is 9.94. The van der Waals surface area contributed by atoms with Gasteiger partial charge in [0.2, 0.25) is 0 Å². The van der Waals surface area contributed by atoms with Crippen LogP contribution in [-0.4, -0.2) is 78.2 Å². The van der Waals surface area contributed by atoms with Gasteiger partial charge in [-0.25, -0.2) is 22.8 Å². The number of carbonyl (C=O) groups excluding carboxylic acids is 4. The number of aromatic nitrogens is 1. The van der Waals surface area contributed by atoms with Crippen molar-refractivity contribution in [3.05, 3.63) is 168 Å². The number of β-lactam (4-membered cyclic amide) rings is 1. The maximum absolute atomic E-state index is 14.5. The second-order valence-electron chi connectivity index (χ2n) is 15.1. The van der Waals surface area contributed by atoms with Crippen molar-refractivity contribution in [1.82, 2.24) is 20.5 Å². The van der Waals surface area contributed by atoms with Crippen LogP contribution in [0.25, 0.3) is 17.2 Å². The number of rotatable bonds is 13. The van der Waals surface area contributed by atoms with Crippen LogP contribution in [-0.2, 0) is 39.2 Å². The van der Waals surface area contributed by atoms with Crippen LogP contribution in [0.2, 0.25) is 0 Å². The zero-order valence-electron chi connectivity index (χ0n) is 33.2. The van der Waals surface area contributed by atoms with E-state index in [0.717, 1.165) is 21.6 Å². The third kappa shape index (κ3) is 8.36. The van der Waals surface area contributed by atoms with Gasteiger partial charge in [-0.15, -0.1) is 0 Å². The van der Waals surface area contributed by atoms with E-state index in [4.69, 9.17) is 14.2 Å². The number of esters is 1. The normalized spacial score (nSPS) is 19.8. The van der Waals surface area contributed by atoms with E-state index in [1.165, 1.54) is 19.2 Å². The molecule has 4 aromatic carbocycles. The molecule has 3 amide bonds. The Morgan fingerprint density at radius 3 is 1.92 bits per heavy atom. The highest BCUT2D eigenvalue weighted by atomic mass is 32.2. The van der Waals surface area contributed by atoms with Gasteiger partial charge < -0.3 is 29.7 Å². The molecule has 5 aromatic rings. The largest absolute Gasteiger partial charge is 0.451 e. The van der Waals surface area contributed by atoms with E-state index in [1.54, 1.807) is 80.6 Å². The molecule has 0 unspecified atom stereocenters. The van der Waals surface area contributed by atoms with Gasteiger partial charge in [0.25, 0.3) is 5.91 Å². The third-order valence-electron chi connectivity index (χ3n) is 10.6. The molecule has 60 heavy (non-hydrogen) atoms. The van der Waals surface area contributed by atoms with E-state index in [2.05, 4.69) is 15.6 Å². The summed E-state index contributed by atoms with van der Waals surface area (Å²) in [6.45, 7) is 3.84. The van der Waals surface area contributed by atoms with Crippen LogP contribution in [0.5, 0.6) is 0 Å². The minimum absolute atomic E-state index is 0.0478. The number of ether oxygens (including phenoxy) is 3. The summed E-state index contributed by atoms with van der Waals surface area (Å²) in [5.41, 5.74) is 3.40. The molecule has 2 fully saturated rings. The summed E-state index contributed by atoms with van der Waals surface area (Å²) in [4.78, 5) is 59.1. The Bertz CT molecular complexity index is 2450. The monoisotopic (exact) mass is 828 g/mol. The van der Waals surface area contributed by atoms with E-state index >= 15 is 0 Å². The fraction of sp³-hybridized carbons (Fsp3) is 0.239. The van der Waals surface area contributed by atoms with Gasteiger partial charge in [-0.1, -0.05) is 121 Å². The quantitative estimate of drug-likeness (QED) is 0.0435. The summed E-state index contributed by atoms with van der Waals surface area (Å²) in [6.07, 6.45) is 0.205. The molecule has 0 aliphatic carbocycles. The van der Waals surface area contributed by atoms with Crippen LogP contribution in [0.4, 0.5) is 9.59 Å². The highest BCUT2D eigenvalue weighted by molar-refractivity contribution is 7.94. The molecule has 1 aromatic heterocycles. The Morgan fingerprint density at radius 1 is 0.783 bits per heavy atom. The molecule has 0 bridgehead atoms. The van der Waals surface area contributed by atoms with E-state index in [-0.39, 0.29) is 18.7 Å². The highest BCUT2D eigenvalue weighted by Crippen LogP contribution is 2.50. The molecule has 308 valence electrons. The number of fused-ring (bicyclic) bond motifs is 1. The van der Waals surface area contributed by atoms with Crippen LogP contribution in [0.1, 0.15) is 49.3 Å². The molecule has 2 saturated heterocycles. The van der Waals surface area contributed by atoms with Crippen LogP contribution >= 0.6 is 0 Å². The van der Waals surface area contributed by atoms with E-state index in [9.17, 15) is 27.6 Å². The van der Waals surface area contributed by atoms with Gasteiger partial charge in [-0.05, 0) is 66.8 Å². The Kier molecular flexibility index (Phi) is 11.9. The summed E-state index contributed by atoms with van der Waals surface area (Å²) < 4.78 is 44.1. The van der Waals surface area contributed by atoms with Crippen molar-refractivity contribution < 1.29 is 41.8 Å². The van der Waals surface area contributed by atoms with Crippen LogP contribution in [0.3, 0.4) is 0 Å². The van der Waals surface area contributed by atoms with Gasteiger partial charge in [-0.2, -0.15) is 0 Å². The summed E-state index contributed by atoms with van der Waals surface area (Å²) in [5.74, 6) is -1.68. The van der Waals surface area contributed by atoms with Gasteiger partial charge in [0.05, 0.1) is 11.3 Å². The summed E-state index contributed by atoms with van der Waals surface area (Å²) in [7, 11) is -4.45. The molecule has 0 radical (unpaired) electrons. The van der Waals surface area contributed by atoms with Crippen molar-refractivity contribution in [3.63, 3.8) is 0 Å². The Balaban J connectivity index is 1.02. The summed E-state index contributed by atoms with van der Waals surface area (Å²) in [6, 6.07) is 38.7. The van der Waals surface area contributed by atoms with Crippen molar-refractivity contribution in [3.8, 4) is 11.1 Å². The predicted octanol–water partition coefficient (Wildman–Crippen LogP) is 6.58. The molecule has 7 rings (SSSR count).